The van der Waals surface area contributed by atoms with E-state index in [1.807, 2.05) is 17.8 Å². The number of aryl methyl sites for hydroxylation is 1. The third-order valence-electron chi connectivity index (χ3n) is 3.92. The van der Waals surface area contributed by atoms with Gasteiger partial charge in [-0.05, 0) is 6.07 Å². The first-order chi connectivity index (χ1) is 9.79. The summed E-state index contributed by atoms with van der Waals surface area (Å²) in [7, 11) is 3.77. The molecular formula is C14H21N5O. The summed E-state index contributed by atoms with van der Waals surface area (Å²) >= 11 is 0. The van der Waals surface area contributed by atoms with Crippen LogP contribution < -0.4 is 4.90 Å². The number of fused-ring (bicyclic) bond motifs is 1. The second-order valence-corrected chi connectivity index (χ2v) is 5.18. The van der Waals surface area contributed by atoms with Gasteiger partial charge in [0.1, 0.15) is 17.8 Å². The zero-order valence-electron chi connectivity index (χ0n) is 12.1. The molecule has 1 aliphatic heterocycles. The van der Waals surface area contributed by atoms with Gasteiger partial charge in [0, 0.05) is 53.1 Å². The Bertz CT molecular complexity index is 574. The quantitative estimate of drug-likeness (QED) is 0.823. The zero-order valence-corrected chi connectivity index (χ0v) is 12.1. The van der Waals surface area contributed by atoms with E-state index < -0.39 is 0 Å². The Morgan fingerprint density at radius 3 is 2.75 bits per heavy atom. The molecule has 6 nitrogen and oxygen atoms in total. The van der Waals surface area contributed by atoms with E-state index in [0.29, 0.717) is 0 Å². The lowest BCUT2D eigenvalue weighted by atomic mass is 10.2. The number of rotatable bonds is 4. The van der Waals surface area contributed by atoms with Crippen molar-refractivity contribution in [3.05, 3.63) is 18.6 Å². The average Bonchev–Trinajstić information content (AvgIpc) is 2.87. The SMILES string of the molecule is COCCN1CCN(c2ncnc3c2ccn3C)CC1. The van der Waals surface area contributed by atoms with Crippen LogP contribution in [0.4, 0.5) is 5.82 Å². The molecule has 108 valence electrons. The summed E-state index contributed by atoms with van der Waals surface area (Å²) in [6, 6.07) is 2.10. The number of hydrogen-bond donors (Lipinski definition) is 0. The molecule has 1 aliphatic rings. The van der Waals surface area contributed by atoms with E-state index in [9.17, 15) is 0 Å². The molecule has 0 aromatic carbocycles. The van der Waals surface area contributed by atoms with Gasteiger partial charge in [0.05, 0.1) is 12.0 Å². The Morgan fingerprint density at radius 2 is 2.00 bits per heavy atom. The highest BCUT2D eigenvalue weighted by Gasteiger charge is 2.20. The Kier molecular flexibility index (Phi) is 3.84. The molecule has 3 rings (SSSR count). The molecule has 0 saturated carbocycles. The van der Waals surface area contributed by atoms with Gasteiger partial charge < -0.3 is 14.2 Å². The number of aromatic nitrogens is 3. The molecule has 2 aromatic rings. The van der Waals surface area contributed by atoms with Crippen LogP contribution in [-0.2, 0) is 11.8 Å². The Hall–Kier alpha value is -1.66. The van der Waals surface area contributed by atoms with Crippen molar-refractivity contribution in [2.75, 3.05) is 51.3 Å². The second-order valence-electron chi connectivity index (χ2n) is 5.18. The summed E-state index contributed by atoms with van der Waals surface area (Å²) < 4.78 is 7.17. The van der Waals surface area contributed by atoms with E-state index in [4.69, 9.17) is 4.74 Å². The normalized spacial score (nSPS) is 17.0. The molecule has 20 heavy (non-hydrogen) atoms. The van der Waals surface area contributed by atoms with Gasteiger partial charge in [-0.15, -0.1) is 0 Å². The van der Waals surface area contributed by atoms with Crippen LogP contribution in [0.3, 0.4) is 0 Å². The highest BCUT2D eigenvalue weighted by molar-refractivity contribution is 5.87. The van der Waals surface area contributed by atoms with E-state index in [1.165, 1.54) is 0 Å². The van der Waals surface area contributed by atoms with Gasteiger partial charge in [-0.2, -0.15) is 0 Å². The maximum Gasteiger partial charge on any atom is 0.145 e. The van der Waals surface area contributed by atoms with Gasteiger partial charge in [-0.1, -0.05) is 0 Å². The number of hydrogen-bond acceptors (Lipinski definition) is 5. The maximum absolute atomic E-state index is 5.14. The first-order valence-electron chi connectivity index (χ1n) is 7.02. The van der Waals surface area contributed by atoms with Gasteiger partial charge in [0.15, 0.2) is 0 Å². The molecule has 3 heterocycles. The first-order valence-corrected chi connectivity index (χ1v) is 7.02. The highest BCUT2D eigenvalue weighted by Crippen LogP contribution is 2.24. The van der Waals surface area contributed by atoms with Gasteiger partial charge >= 0.3 is 0 Å². The standard InChI is InChI=1S/C14H21N5O/c1-17-4-3-12-13(17)15-11-16-14(12)19-7-5-18(6-8-19)9-10-20-2/h3-4,11H,5-10H2,1-2H3. The minimum absolute atomic E-state index is 0.802. The largest absolute Gasteiger partial charge is 0.383 e. The van der Waals surface area contributed by atoms with Gasteiger partial charge in [0.25, 0.3) is 0 Å². The highest BCUT2D eigenvalue weighted by atomic mass is 16.5. The molecule has 0 unspecified atom stereocenters. The fourth-order valence-corrected chi connectivity index (χ4v) is 2.72. The molecule has 0 bridgehead atoms. The summed E-state index contributed by atoms with van der Waals surface area (Å²) in [6.45, 7) is 5.93. The summed E-state index contributed by atoms with van der Waals surface area (Å²) in [4.78, 5) is 13.6. The van der Waals surface area contributed by atoms with E-state index in [1.54, 1.807) is 13.4 Å². The topological polar surface area (TPSA) is 46.4 Å². The number of methoxy groups -OCH3 is 1. The van der Waals surface area contributed by atoms with Crippen LogP contribution in [0.15, 0.2) is 18.6 Å². The van der Waals surface area contributed by atoms with Crippen LogP contribution in [0.2, 0.25) is 0 Å². The molecule has 0 radical (unpaired) electrons. The molecule has 1 saturated heterocycles. The van der Waals surface area contributed by atoms with Crippen molar-refractivity contribution < 1.29 is 4.74 Å². The van der Waals surface area contributed by atoms with Crippen LogP contribution in [0.5, 0.6) is 0 Å². The Balaban J connectivity index is 1.73. The Labute approximate surface area is 119 Å². The lowest BCUT2D eigenvalue weighted by molar-refractivity contribution is 0.144. The first kappa shape index (κ1) is 13.3. The van der Waals surface area contributed by atoms with Crippen LogP contribution in [0, 0.1) is 0 Å². The Morgan fingerprint density at radius 1 is 1.20 bits per heavy atom. The summed E-state index contributed by atoms with van der Waals surface area (Å²) in [5.74, 6) is 1.06. The van der Waals surface area contributed by atoms with Gasteiger partial charge in [-0.25, -0.2) is 9.97 Å². The van der Waals surface area contributed by atoms with Crippen LogP contribution in [0.1, 0.15) is 0 Å². The lowest BCUT2D eigenvalue weighted by Crippen LogP contribution is -2.47. The van der Waals surface area contributed by atoms with Crippen molar-refractivity contribution in [1.29, 1.82) is 0 Å². The van der Waals surface area contributed by atoms with Crippen LogP contribution >= 0.6 is 0 Å². The smallest absolute Gasteiger partial charge is 0.145 e. The molecule has 0 aliphatic carbocycles. The lowest BCUT2D eigenvalue weighted by Gasteiger charge is -2.35. The predicted molar refractivity (Wildman–Crippen MR) is 79.0 cm³/mol. The van der Waals surface area contributed by atoms with Gasteiger partial charge in [-0.3, -0.25) is 4.90 Å². The number of piperazine rings is 1. The molecule has 2 aromatic heterocycles. The number of anilines is 1. The van der Waals surface area contributed by atoms with Crippen LogP contribution in [-0.4, -0.2) is 65.9 Å². The number of ether oxygens (including phenoxy) is 1. The molecule has 0 N–H and O–H groups in total. The van der Waals surface area contributed by atoms with E-state index in [2.05, 4.69) is 25.8 Å². The minimum Gasteiger partial charge on any atom is -0.383 e. The predicted octanol–water partition coefficient (Wildman–Crippen LogP) is 0.737. The minimum atomic E-state index is 0.802. The summed E-state index contributed by atoms with van der Waals surface area (Å²) in [5.41, 5.74) is 0.997. The molecule has 1 fully saturated rings. The number of nitrogens with zero attached hydrogens (tertiary/aromatic N) is 5. The molecule has 0 amide bonds. The monoisotopic (exact) mass is 275 g/mol. The fraction of sp³-hybridized carbons (Fsp3) is 0.571. The third-order valence-corrected chi connectivity index (χ3v) is 3.92. The fourth-order valence-electron chi connectivity index (χ4n) is 2.72. The average molecular weight is 275 g/mol. The second kappa shape index (κ2) is 5.76. The van der Waals surface area contributed by atoms with Crippen molar-refractivity contribution >= 4 is 16.9 Å². The molecule has 0 atom stereocenters. The van der Waals surface area contributed by atoms with E-state index >= 15 is 0 Å². The van der Waals surface area contributed by atoms with Crippen molar-refractivity contribution in [3.8, 4) is 0 Å². The molecule has 0 spiro atoms. The van der Waals surface area contributed by atoms with Crippen molar-refractivity contribution in [1.82, 2.24) is 19.4 Å². The molecular weight excluding hydrogens is 254 g/mol. The summed E-state index contributed by atoms with van der Waals surface area (Å²) in [6.07, 6.45) is 3.70. The van der Waals surface area contributed by atoms with E-state index in [-0.39, 0.29) is 0 Å². The van der Waals surface area contributed by atoms with Crippen LogP contribution in [0.25, 0.3) is 11.0 Å². The van der Waals surface area contributed by atoms with Crippen molar-refractivity contribution in [3.63, 3.8) is 0 Å². The summed E-state index contributed by atoms with van der Waals surface area (Å²) in [5, 5.41) is 1.14. The van der Waals surface area contributed by atoms with Gasteiger partial charge in [0.2, 0.25) is 0 Å². The maximum atomic E-state index is 5.14. The zero-order chi connectivity index (χ0) is 13.9. The van der Waals surface area contributed by atoms with Crippen molar-refractivity contribution in [2.45, 2.75) is 0 Å². The third kappa shape index (κ3) is 2.48. The molecule has 6 heteroatoms. The van der Waals surface area contributed by atoms with Crippen molar-refractivity contribution in [2.24, 2.45) is 7.05 Å². The van der Waals surface area contributed by atoms with E-state index in [0.717, 1.165) is 56.2 Å².